The zero-order chi connectivity index (χ0) is 13.1. The van der Waals surface area contributed by atoms with Crippen molar-refractivity contribution in [2.45, 2.75) is 17.9 Å². The summed E-state index contributed by atoms with van der Waals surface area (Å²) in [5, 5.41) is 10.6. The molecule has 1 rings (SSSR count). The third-order valence-corrected chi connectivity index (χ3v) is 3.64. The minimum Gasteiger partial charge on any atom is -0.548 e. The number of rotatable bonds is 5. The van der Waals surface area contributed by atoms with Crippen molar-refractivity contribution in [1.29, 1.82) is 0 Å². The van der Waals surface area contributed by atoms with Crippen LogP contribution in [0.15, 0.2) is 29.2 Å². The van der Waals surface area contributed by atoms with E-state index in [0.717, 1.165) is 5.56 Å². The predicted octanol–water partition coefficient (Wildman–Crippen LogP) is -4.65. The number of hydrogen-bond acceptors (Lipinski definition) is 5. The van der Waals surface area contributed by atoms with Gasteiger partial charge in [-0.3, -0.25) is 0 Å². The Morgan fingerprint density at radius 2 is 1.89 bits per heavy atom. The summed E-state index contributed by atoms with van der Waals surface area (Å²) in [5.41, 5.74) is 6.04. The molecule has 1 aromatic rings. The molecule has 0 saturated carbocycles. The fourth-order valence-corrected chi connectivity index (χ4v) is 2.36. The summed E-state index contributed by atoms with van der Waals surface area (Å²) in [5.74, 6) is -1.55. The van der Waals surface area contributed by atoms with Crippen LogP contribution in [0.1, 0.15) is 5.56 Å². The van der Waals surface area contributed by atoms with E-state index < -0.39 is 22.0 Å². The number of carbonyl (C=O) groups excluding carboxylic acids is 1. The number of nitrogens with two attached hydrogens (primary N) is 1. The molecule has 94 valence electrons. The number of aliphatic carboxylic acids is 1. The normalized spacial score (nSPS) is 12.6. The first-order valence-corrected chi connectivity index (χ1v) is 6.35. The number of carboxylic acids is 1. The Morgan fingerprint density at radius 1 is 1.39 bits per heavy atom. The Kier molecular flexibility index (Phi) is 7.05. The molecule has 1 atom stereocenters. The zero-order valence-electron chi connectivity index (χ0n) is 10.2. The molecule has 0 aliphatic carbocycles. The largest absolute Gasteiger partial charge is 1.00 e. The van der Waals surface area contributed by atoms with Gasteiger partial charge >= 0.3 is 29.6 Å². The second kappa shape index (κ2) is 7.22. The van der Waals surface area contributed by atoms with Crippen molar-refractivity contribution >= 4 is 16.0 Å². The maximum Gasteiger partial charge on any atom is 1.00 e. The van der Waals surface area contributed by atoms with Crippen LogP contribution in [-0.4, -0.2) is 27.0 Å². The Hall–Kier alpha value is -0.440. The summed E-state index contributed by atoms with van der Waals surface area (Å²) in [4.78, 5) is 10.6. The molecular weight excluding hydrogens is 267 g/mol. The molecule has 0 aromatic heterocycles. The summed E-state index contributed by atoms with van der Waals surface area (Å²) >= 11 is 0. The van der Waals surface area contributed by atoms with Crippen LogP contribution in [-0.2, 0) is 14.8 Å². The van der Waals surface area contributed by atoms with E-state index in [1.165, 1.54) is 12.1 Å². The summed E-state index contributed by atoms with van der Waals surface area (Å²) in [6.45, 7) is 1.45. The molecule has 0 radical (unpaired) electrons. The first-order chi connectivity index (χ1) is 7.86. The van der Waals surface area contributed by atoms with E-state index in [0.29, 0.717) is 0 Å². The molecule has 6 nitrogen and oxygen atoms in total. The van der Waals surface area contributed by atoms with E-state index in [1.54, 1.807) is 12.1 Å². The number of carboxylic acid groups (broad SMARTS) is 1. The third-order valence-electron chi connectivity index (χ3n) is 2.15. The van der Waals surface area contributed by atoms with Crippen molar-refractivity contribution in [3.05, 3.63) is 29.8 Å². The molecule has 0 heterocycles. The first-order valence-electron chi connectivity index (χ1n) is 4.87. The summed E-state index contributed by atoms with van der Waals surface area (Å²) in [7, 11) is -3.88. The molecule has 0 amide bonds. The Balaban J connectivity index is 0.00000289. The third kappa shape index (κ3) is 4.68. The quantitative estimate of drug-likeness (QED) is 0.527. The monoisotopic (exact) mass is 280 g/mol. The molecule has 0 aliphatic heterocycles. The molecule has 3 N–H and O–H groups in total. The van der Waals surface area contributed by atoms with Crippen LogP contribution in [0.3, 0.4) is 0 Å². The van der Waals surface area contributed by atoms with Gasteiger partial charge in [0.15, 0.2) is 0 Å². The van der Waals surface area contributed by atoms with E-state index in [9.17, 15) is 18.3 Å². The minimum absolute atomic E-state index is 0. The molecular formula is C10H13N2NaO4S. The van der Waals surface area contributed by atoms with Crippen LogP contribution in [0.2, 0.25) is 0 Å². The zero-order valence-corrected chi connectivity index (χ0v) is 13.0. The van der Waals surface area contributed by atoms with Gasteiger partial charge in [0.1, 0.15) is 0 Å². The van der Waals surface area contributed by atoms with Gasteiger partial charge in [0.05, 0.1) is 16.9 Å². The fourth-order valence-electron chi connectivity index (χ4n) is 1.17. The van der Waals surface area contributed by atoms with Crippen molar-refractivity contribution in [3.8, 4) is 0 Å². The smallest absolute Gasteiger partial charge is 0.548 e. The van der Waals surface area contributed by atoms with Crippen LogP contribution in [0.4, 0.5) is 0 Å². The predicted molar refractivity (Wildman–Crippen MR) is 59.3 cm³/mol. The van der Waals surface area contributed by atoms with Crippen molar-refractivity contribution < 1.29 is 47.9 Å². The minimum atomic E-state index is -3.88. The molecule has 0 spiro atoms. The number of hydrogen-bond donors (Lipinski definition) is 2. The number of benzene rings is 1. The maximum absolute atomic E-state index is 11.8. The molecule has 18 heavy (non-hydrogen) atoms. The Labute approximate surface area is 128 Å². The SMILES string of the molecule is Cc1ccc(S(=O)(=O)N[C@H](CN)C(=O)[O-])cc1.[Na+]. The van der Waals surface area contributed by atoms with Gasteiger partial charge in [-0.2, -0.15) is 0 Å². The molecule has 8 heteroatoms. The van der Waals surface area contributed by atoms with E-state index >= 15 is 0 Å². The number of sulfonamides is 1. The van der Waals surface area contributed by atoms with Gasteiger partial charge in [-0.25, -0.2) is 13.1 Å². The van der Waals surface area contributed by atoms with Crippen molar-refractivity contribution in [2.24, 2.45) is 5.73 Å². The van der Waals surface area contributed by atoms with Crippen molar-refractivity contribution in [1.82, 2.24) is 4.72 Å². The number of nitrogens with one attached hydrogen (secondary N) is 1. The molecule has 0 bridgehead atoms. The van der Waals surface area contributed by atoms with Crippen LogP contribution in [0.25, 0.3) is 0 Å². The van der Waals surface area contributed by atoms with E-state index in [-0.39, 0.29) is 41.0 Å². The van der Waals surface area contributed by atoms with Crippen LogP contribution < -0.4 is 45.1 Å². The van der Waals surface area contributed by atoms with Gasteiger partial charge in [-0.05, 0) is 19.1 Å². The second-order valence-corrected chi connectivity index (χ2v) is 5.26. The summed E-state index contributed by atoms with van der Waals surface area (Å²) in [6.07, 6.45) is 0. The molecule has 0 aliphatic rings. The Bertz CT molecular complexity index is 501. The number of aryl methyl sites for hydroxylation is 1. The summed E-state index contributed by atoms with van der Waals surface area (Å²) in [6, 6.07) is 4.58. The van der Waals surface area contributed by atoms with Crippen LogP contribution in [0.5, 0.6) is 0 Å². The first kappa shape index (κ1) is 17.6. The van der Waals surface area contributed by atoms with Crippen LogP contribution >= 0.6 is 0 Å². The standard InChI is InChI=1S/C10H14N2O4S.Na/c1-7-2-4-8(5-3-7)17(15,16)12-9(6-11)10(13)14;/h2-5,9,12H,6,11H2,1H3,(H,13,14);/q;+1/p-1/t9-;/m1./s1. The summed E-state index contributed by atoms with van der Waals surface area (Å²) < 4.78 is 25.5. The second-order valence-electron chi connectivity index (χ2n) is 3.54. The topological polar surface area (TPSA) is 112 Å². The van der Waals surface area contributed by atoms with Crippen molar-refractivity contribution in [2.75, 3.05) is 6.54 Å². The van der Waals surface area contributed by atoms with Crippen molar-refractivity contribution in [3.63, 3.8) is 0 Å². The number of carbonyl (C=O) groups is 1. The molecule has 0 saturated heterocycles. The van der Waals surface area contributed by atoms with Gasteiger partial charge in [0.25, 0.3) is 0 Å². The van der Waals surface area contributed by atoms with Gasteiger partial charge in [-0.1, -0.05) is 17.7 Å². The van der Waals surface area contributed by atoms with E-state index in [4.69, 9.17) is 5.73 Å². The molecule has 0 fully saturated rings. The Morgan fingerprint density at radius 3 is 2.28 bits per heavy atom. The molecule has 1 aromatic carbocycles. The van der Waals surface area contributed by atoms with Gasteiger partial charge < -0.3 is 15.6 Å². The average Bonchev–Trinajstić information content (AvgIpc) is 2.26. The fraction of sp³-hybridized carbons (Fsp3) is 0.300. The van der Waals surface area contributed by atoms with Gasteiger partial charge in [-0.15, -0.1) is 0 Å². The van der Waals surface area contributed by atoms with E-state index in [1.807, 2.05) is 11.6 Å². The van der Waals surface area contributed by atoms with Crippen LogP contribution in [0, 0.1) is 6.92 Å². The van der Waals surface area contributed by atoms with Gasteiger partial charge in [0.2, 0.25) is 10.0 Å². The average molecular weight is 280 g/mol. The van der Waals surface area contributed by atoms with Gasteiger partial charge in [0, 0.05) is 6.54 Å². The van der Waals surface area contributed by atoms with E-state index in [2.05, 4.69) is 0 Å². The maximum atomic E-state index is 11.8. The molecule has 0 unspecified atom stereocenters.